The number of nitrogens with one attached hydrogen (secondary N) is 1. The zero-order valence-electron chi connectivity index (χ0n) is 18.5. The van der Waals surface area contributed by atoms with E-state index >= 15 is 0 Å². The van der Waals surface area contributed by atoms with Crippen molar-refractivity contribution in [3.63, 3.8) is 0 Å². The first-order valence-corrected chi connectivity index (χ1v) is 10.5. The molecular weight excluding hydrogens is 524 g/mol. The Balaban J connectivity index is 0.00000363. The van der Waals surface area contributed by atoms with Crippen molar-refractivity contribution in [2.24, 2.45) is 10.7 Å². The van der Waals surface area contributed by atoms with Crippen LogP contribution in [0.3, 0.4) is 0 Å². The van der Waals surface area contributed by atoms with Gasteiger partial charge in [0.2, 0.25) is 5.91 Å². The summed E-state index contributed by atoms with van der Waals surface area (Å²) in [6, 6.07) is 13.9. The Morgan fingerprint density at radius 3 is 2.31 bits per heavy atom. The molecule has 0 aliphatic carbocycles. The molecule has 0 aromatic heterocycles. The molecule has 32 heavy (non-hydrogen) atoms. The number of carbonyl (C=O) groups is 1. The third kappa shape index (κ3) is 7.85. The Kier molecular flexibility index (Phi) is 10.0. The van der Waals surface area contributed by atoms with E-state index in [2.05, 4.69) is 15.2 Å². The van der Waals surface area contributed by atoms with Crippen molar-refractivity contribution in [3.8, 4) is 5.75 Å². The van der Waals surface area contributed by atoms with Crippen LogP contribution in [0.2, 0.25) is 0 Å². The Bertz CT molecular complexity index is 882. The standard InChI is InChI=1S/C23H30FN5O2.HI/c1-17(2)31-21-9-5-19(6-10-21)27-23(25)26-12-11-22(30)29-15-13-28(14-16-29)20-7-3-18(24)4-8-20;/h3-10,17H,11-16H2,1-2H3,(H3,25,26,27);1H. The predicted molar refractivity (Wildman–Crippen MR) is 138 cm³/mol. The molecule has 3 rings (SSSR count). The number of piperazine rings is 1. The van der Waals surface area contributed by atoms with Crippen LogP contribution < -0.4 is 20.7 Å². The summed E-state index contributed by atoms with van der Waals surface area (Å²) in [6.07, 6.45) is 0.425. The van der Waals surface area contributed by atoms with Crippen LogP contribution in [0.1, 0.15) is 20.3 Å². The number of halogens is 2. The van der Waals surface area contributed by atoms with Gasteiger partial charge in [-0.05, 0) is 62.4 Å². The predicted octanol–water partition coefficient (Wildman–Crippen LogP) is 3.70. The fourth-order valence-corrected chi connectivity index (χ4v) is 3.37. The number of amides is 1. The van der Waals surface area contributed by atoms with Gasteiger partial charge < -0.3 is 25.6 Å². The minimum atomic E-state index is -0.246. The third-order valence-corrected chi connectivity index (χ3v) is 4.93. The maximum atomic E-state index is 13.1. The molecule has 1 saturated heterocycles. The van der Waals surface area contributed by atoms with Gasteiger partial charge in [-0.25, -0.2) is 4.39 Å². The van der Waals surface area contributed by atoms with Crippen molar-refractivity contribution in [2.75, 3.05) is 42.9 Å². The summed E-state index contributed by atoms with van der Waals surface area (Å²) in [5.41, 5.74) is 7.71. The summed E-state index contributed by atoms with van der Waals surface area (Å²) in [5, 5.41) is 3.02. The SMILES string of the molecule is CC(C)Oc1ccc(NC(N)=NCCC(=O)N2CCN(c3ccc(F)cc3)CC2)cc1.I. The summed E-state index contributed by atoms with van der Waals surface area (Å²) in [5.74, 6) is 0.877. The summed E-state index contributed by atoms with van der Waals surface area (Å²) < 4.78 is 18.7. The highest BCUT2D eigenvalue weighted by molar-refractivity contribution is 14.0. The maximum absolute atomic E-state index is 13.1. The van der Waals surface area contributed by atoms with Crippen LogP contribution in [0.4, 0.5) is 15.8 Å². The molecule has 0 radical (unpaired) electrons. The van der Waals surface area contributed by atoms with Gasteiger partial charge in [0.1, 0.15) is 11.6 Å². The van der Waals surface area contributed by atoms with Gasteiger partial charge >= 0.3 is 0 Å². The van der Waals surface area contributed by atoms with Crippen LogP contribution in [0.15, 0.2) is 53.5 Å². The molecule has 2 aromatic rings. The van der Waals surface area contributed by atoms with Crippen molar-refractivity contribution in [1.82, 2.24) is 4.90 Å². The number of anilines is 2. The van der Waals surface area contributed by atoms with E-state index in [4.69, 9.17) is 10.5 Å². The lowest BCUT2D eigenvalue weighted by Gasteiger charge is -2.36. The molecule has 7 nitrogen and oxygen atoms in total. The lowest BCUT2D eigenvalue weighted by molar-refractivity contribution is -0.131. The second-order valence-electron chi connectivity index (χ2n) is 7.68. The summed E-state index contributed by atoms with van der Waals surface area (Å²) in [4.78, 5) is 20.7. The van der Waals surface area contributed by atoms with Crippen LogP contribution in [0.25, 0.3) is 0 Å². The fourth-order valence-electron chi connectivity index (χ4n) is 3.37. The van der Waals surface area contributed by atoms with E-state index in [9.17, 15) is 9.18 Å². The van der Waals surface area contributed by atoms with E-state index in [1.54, 1.807) is 12.1 Å². The number of aliphatic imine (C=N–C) groups is 1. The van der Waals surface area contributed by atoms with Gasteiger partial charge in [0.05, 0.1) is 12.6 Å². The lowest BCUT2D eigenvalue weighted by atomic mass is 10.2. The number of rotatable bonds is 7. The highest BCUT2D eigenvalue weighted by atomic mass is 127. The van der Waals surface area contributed by atoms with Crippen molar-refractivity contribution >= 4 is 47.2 Å². The molecule has 0 unspecified atom stereocenters. The molecule has 1 aliphatic rings. The highest BCUT2D eigenvalue weighted by Gasteiger charge is 2.20. The topological polar surface area (TPSA) is 83.2 Å². The van der Waals surface area contributed by atoms with E-state index in [-0.39, 0.29) is 47.8 Å². The van der Waals surface area contributed by atoms with Gasteiger partial charge in [-0.1, -0.05) is 0 Å². The molecule has 3 N–H and O–H groups in total. The Labute approximate surface area is 205 Å². The Hall–Kier alpha value is -2.56. The van der Waals surface area contributed by atoms with E-state index in [0.29, 0.717) is 26.1 Å². The number of ether oxygens (including phenoxy) is 1. The van der Waals surface area contributed by atoms with Gasteiger partial charge in [-0.3, -0.25) is 9.79 Å². The van der Waals surface area contributed by atoms with Crippen molar-refractivity contribution in [2.45, 2.75) is 26.4 Å². The second-order valence-corrected chi connectivity index (χ2v) is 7.68. The number of nitrogens with two attached hydrogens (primary N) is 1. The largest absolute Gasteiger partial charge is 0.491 e. The van der Waals surface area contributed by atoms with Gasteiger partial charge in [0.15, 0.2) is 5.96 Å². The zero-order valence-corrected chi connectivity index (χ0v) is 20.8. The monoisotopic (exact) mass is 555 g/mol. The molecule has 1 heterocycles. The van der Waals surface area contributed by atoms with E-state index in [0.717, 1.165) is 30.2 Å². The molecule has 174 valence electrons. The molecule has 9 heteroatoms. The van der Waals surface area contributed by atoms with Gasteiger partial charge in [0.25, 0.3) is 0 Å². The highest BCUT2D eigenvalue weighted by Crippen LogP contribution is 2.18. The molecule has 2 aromatic carbocycles. The third-order valence-electron chi connectivity index (χ3n) is 4.93. The molecule has 1 amide bonds. The number of carbonyl (C=O) groups excluding carboxylic acids is 1. The first-order chi connectivity index (χ1) is 14.9. The van der Waals surface area contributed by atoms with Crippen LogP contribution in [-0.4, -0.2) is 55.6 Å². The van der Waals surface area contributed by atoms with Crippen LogP contribution >= 0.6 is 24.0 Å². The van der Waals surface area contributed by atoms with Crippen molar-refractivity contribution in [1.29, 1.82) is 0 Å². The molecule has 1 fully saturated rings. The maximum Gasteiger partial charge on any atom is 0.224 e. The van der Waals surface area contributed by atoms with E-state index in [1.807, 2.05) is 43.0 Å². The fraction of sp³-hybridized carbons (Fsp3) is 0.391. The molecule has 0 bridgehead atoms. The molecule has 1 aliphatic heterocycles. The number of guanidine groups is 1. The normalized spacial score (nSPS) is 14.2. The summed E-state index contributed by atoms with van der Waals surface area (Å²) >= 11 is 0. The summed E-state index contributed by atoms with van der Waals surface area (Å²) in [7, 11) is 0. The van der Waals surface area contributed by atoms with Crippen molar-refractivity contribution < 1.29 is 13.9 Å². The zero-order chi connectivity index (χ0) is 22.2. The average molecular weight is 555 g/mol. The van der Waals surface area contributed by atoms with Crippen LogP contribution in [-0.2, 0) is 4.79 Å². The number of hydrogen-bond acceptors (Lipinski definition) is 4. The van der Waals surface area contributed by atoms with Gasteiger partial charge in [-0.15, -0.1) is 24.0 Å². The van der Waals surface area contributed by atoms with E-state index < -0.39 is 0 Å². The average Bonchev–Trinajstić information content (AvgIpc) is 2.75. The van der Waals surface area contributed by atoms with Gasteiger partial charge in [-0.2, -0.15) is 0 Å². The first kappa shape index (κ1) is 25.7. The quantitative estimate of drug-likeness (QED) is 0.310. The smallest absolute Gasteiger partial charge is 0.224 e. The number of nitrogens with zero attached hydrogens (tertiary/aromatic N) is 3. The number of hydrogen-bond donors (Lipinski definition) is 2. The van der Waals surface area contributed by atoms with Gasteiger partial charge in [0, 0.05) is 44.0 Å². The first-order valence-electron chi connectivity index (χ1n) is 10.5. The molecule has 0 saturated carbocycles. The van der Waals surface area contributed by atoms with Crippen molar-refractivity contribution in [3.05, 3.63) is 54.3 Å². The minimum absolute atomic E-state index is 0. The van der Waals surface area contributed by atoms with Crippen LogP contribution in [0.5, 0.6) is 5.75 Å². The van der Waals surface area contributed by atoms with E-state index in [1.165, 1.54) is 12.1 Å². The Morgan fingerprint density at radius 1 is 1.09 bits per heavy atom. The summed E-state index contributed by atoms with van der Waals surface area (Å²) in [6.45, 7) is 7.00. The molecule has 0 atom stereocenters. The molecule has 0 spiro atoms. The molecular formula is C23H31FIN5O2. The lowest BCUT2D eigenvalue weighted by Crippen LogP contribution is -2.48. The second kappa shape index (κ2) is 12.5. The minimum Gasteiger partial charge on any atom is -0.491 e. The van der Waals surface area contributed by atoms with Crippen LogP contribution in [0, 0.1) is 5.82 Å². The Morgan fingerprint density at radius 2 is 1.72 bits per heavy atom. The number of benzene rings is 2.